The summed E-state index contributed by atoms with van der Waals surface area (Å²) in [6.45, 7) is 3.43. The lowest BCUT2D eigenvalue weighted by molar-refractivity contribution is -0.122. The highest BCUT2D eigenvalue weighted by Crippen LogP contribution is 2.15. The van der Waals surface area contributed by atoms with Gasteiger partial charge in [0, 0.05) is 13.1 Å². The van der Waals surface area contributed by atoms with Crippen LogP contribution in [-0.2, 0) is 9.53 Å². The molecule has 0 radical (unpaired) electrons. The van der Waals surface area contributed by atoms with E-state index in [4.69, 9.17) is 0 Å². The van der Waals surface area contributed by atoms with E-state index >= 15 is 0 Å². The molecule has 1 fully saturated rings. The number of nitrogens with one attached hydrogen (secondary N) is 1. The average Bonchev–Trinajstić information content (AvgIpc) is 2.23. The molecule has 1 aliphatic heterocycles. The van der Waals surface area contributed by atoms with E-state index in [0.29, 0.717) is 19.5 Å². The monoisotopic (exact) mass is 230 g/mol. The van der Waals surface area contributed by atoms with E-state index in [2.05, 4.69) is 10.1 Å². The van der Waals surface area contributed by atoms with Crippen molar-refractivity contribution in [1.82, 2.24) is 10.2 Å². The van der Waals surface area contributed by atoms with Crippen molar-refractivity contribution < 1.29 is 19.4 Å². The Labute approximate surface area is 94.6 Å². The van der Waals surface area contributed by atoms with Crippen LogP contribution in [0.1, 0.15) is 13.3 Å². The van der Waals surface area contributed by atoms with Gasteiger partial charge in [0.15, 0.2) is 0 Å². The predicted octanol–water partition coefficient (Wildman–Crippen LogP) is -0.428. The molecule has 1 rings (SSSR count). The zero-order valence-corrected chi connectivity index (χ0v) is 9.60. The van der Waals surface area contributed by atoms with Crippen molar-refractivity contribution in [2.45, 2.75) is 19.4 Å². The average molecular weight is 230 g/mol. The van der Waals surface area contributed by atoms with E-state index in [-0.39, 0.29) is 24.5 Å². The highest BCUT2D eigenvalue weighted by atomic mass is 16.5. The number of hydrogen-bond donors (Lipinski definition) is 2. The molecule has 0 spiro atoms. The summed E-state index contributed by atoms with van der Waals surface area (Å²) in [5, 5.41) is 11.6. The Morgan fingerprint density at radius 1 is 1.56 bits per heavy atom. The van der Waals surface area contributed by atoms with Gasteiger partial charge < -0.3 is 9.84 Å². The molecule has 2 amide bonds. The second-order valence-corrected chi connectivity index (χ2v) is 4.11. The van der Waals surface area contributed by atoms with E-state index in [1.165, 1.54) is 7.11 Å². The molecule has 0 aromatic heterocycles. The van der Waals surface area contributed by atoms with Crippen molar-refractivity contribution >= 4 is 12.0 Å². The molecule has 1 aliphatic rings. The summed E-state index contributed by atoms with van der Waals surface area (Å²) < 4.78 is 4.32. The molecule has 2 N–H and O–H groups in total. The van der Waals surface area contributed by atoms with Crippen molar-refractivity contribution in [2.75, 3.05) is 26.7 Å². The number of piperidine rings is 1. The lowest BCUT2D eigenvalue weighted by atomic mass is 9.97. The minimum absolute atomic E-state index is 0.152. The normalized spacial score (nSPS) is 26.2. The molecule has 1 saturated heterocycles. The van der Waals surface area contributed by atoms with E-state index in [1.54, 1.807) is 0 Å². The molecule has 1 heterocycles. The Hall–Kier alpha value is -1.14. The number of amides is 2. The quantitative estimate of drug-likeness (QED) is 0.673. The first-order chi connectivity index (χ1) is 7.52. The number of aliphatic hydroxyl groups is 1. The summed E-state index contributed by atoms with van der Waals surface area (Å²) in [5.74, 6) is -0.227. The molecule has 16 heavy (non-hydrogen) atoms. The fourth-order valence-electron chi connectivity index (χ4n) is 1.77. The zero-order chi connectivity index (χ0) is 12.1. The van der Waals surface area contributed by atoms with Gasteiger partial charge in [-0.05, 0) is 12.3 Å². The Kier molecular flexibility index (Phi) is 4.70. The standard InChI is InChI=1S/C10H18N2O4/c1-7-5-12(4-3-8(7)13)6-9(14)11-10(15)16-2/h7-8,13H,3-6H2,1-2H3,(H,11,14,15). The van der Waals surface area contributed by atoms with Crippen molar-refractivity contribution in [1.29, 1.82) is 0 Å². The minimum Gasteiger partial charge on any atom is -0.453 e. The van der Waals surface area contributed by atoms with Gasteiger partial charge in [0.05, 0.1) is 19.8 Å². The molecule has 92 valence electrons. The maximum Gasteiger partial charge on any atom is 0.413 e. The molecular formula is C10H18N2O4. The molecule has 0 aromatic carbocycles. The first-order valence-electron chi connectivity index (χ1n) is 5.31. The second-order valence-electron chi connectivity index (χ2n) is 4.11. The summed E-state index contributed by atoms with van der Waals surface area (Å²) in [5.41, 5.74) is 0. The van der Waals surface area contributed by atoms with E-state index in [0.717, 1.165) is 0 Å². The van der Waals surface area contributed by atoms with Gasteiger partial charge >= 0.3 is 6.09 Å². The Bertz CT molecular complexity index is 270. The van der Waals surface area contributed by atoms with Gasteiger partial charge in [-0.3, -0.25) is 15.0 Å². The van der Waals surface area contributed by atoms with Crippen LogP contribution < -0.4 is 5.32 Å². The summed E-state index contributed by atoms with van der Waals surface area (Å²) in [7, 11) is 1.21. The van der Waals surface area contributed by atoms with Crippen LogP contribution in [0.3, 0.4) is 0 Å². The Morgan fingerprint density at radius 3 is 2.81 bits per heavy atom. The second kappa shape index (κ2) is 5.81. The van der Waals surface area contributed by atoms with Crippen LogP contribution >= 0.6 is 0 Å². The smallest absolute Gasteiger partial charge is 0.413 e. The maximum atomic E-state index is 11.4. The number of aliphatic hydroxyl groups excluding tert-OH is 1. The number of hydrogen-bond acceptors (Lipinski definition) is 5. The van der Waals surface area contributed by atoms with Crippen LogP contribution in [-0.4, -0.2) is 54.9 Å². The number of alkyl carbamates (subject to hydrolysis) is 1. The van der Waals surface area contributed by atoms with Crippen LogP contribution in [0.25, 0.3) is 0 Å². The fourth-order valence-corrected chi connectivity index (χ4v) is 1.77. The van der Waals surface area contributed by atoms with Crippen molar-refractivity contribution in [2.24, 2.45) is 5.92 Å². The molecule has 0 bridgehead atoms. The molecule has 6 heteroatoms. The minimum atomic E-state index is -0.741. The number of rotatable bonds is 2. The van der Waals surface area contributed by atoms with Crippen molar-refractivity contribution in [3.05, 3.63) is 0 Å². The Morgan fingerprint density at radius 2 is 2.25 bits per heavy atom. The predicted molar refractivity (Wildman–Crippen MR) is 56.8 cm³/mol. The topological polar surface area (TPSA) is 78.9 Å². The summed E-state index contributed by atoms with van der Waals surface area (Å²) >= 11 is 0. The highest BCUT2D eigenvalue weighted by molar-refractivity contribution is 5.92. The third-order valence-corrected chi connectivity index (χ3v) is 2.74. The lowest BCUT2D eigenvalue weighted by Crippen LogP contribution is -2.47. The van der Waals surface area contributed by atoms with Crippen LogP contribution in [0.5, 0.6) is 0 Å². The number of methoxy groups -OCH3 is 1. The molecule has 0 aromatic rings. The van der Waals surface area contributed by atoms with Crippen LogP contribution in [0.4, 0.5) is 4.79 Å². The van der Waals surface area contributed by atoms with Crippen LogP contribution in [0, 0.1) is 5.92 Å². The molecule has 0 saturated carbocycles. The first kappa shape index (κ1) is 12.9. The van der Waals surface area contributed by atoms with Crippen LogP contribution in [0.2, 0.25) is 0 Å². The summed E-state index contributed by atoms with van der Waals surface area (Å²) in [6, 6.07) is 0. The van der Waals surface area contributed by atoms with Crippen molar-refractivity contribution in [3.63, 3.8) is 0 Å². The third kappa shape index (κ3) is 3.79. The van der Waals surface area contributed by atoms with Crippen molar-refractivity contribution in [3.8, 4) is 0 Å². The van der Waals surface area contributed by atoms with Gasteiger partial charge in [-0.1, -0.05) is 6.92 Å². The Balaban J connectivity index is 2.32. The summed E-state index contributed by atoms with van der Waals surface area (Å²) in [4.78, 5) is 24.0. The van der Waals surface area contributed by atoms with Gasteiger partial charge in [0.25, 0.3) is 0 Å². The molecule has 0 aliphatic carbocycles. The van der Waals surface area contributed by atoms with Gasteiger partial charge in [0.2, 0.25) is 5.91 Å². The van der Waals surface area contributed by atoms with Gasteiger partial charge in [-0.25, -0.2) is 4.79 Å². The summed E-state index contributed by atoms with van der Waals surface area (Å²) in [6.07, 6.45) is -0.373. The number of ether oxygens (including phenoxy) is 1. The number of carbonyl (C=O) groups excluding carboxylic acids is 2. The number of carbonyl (C=O) groups is 2. The van der Waals surface area contributed by atoms with E-state index in [9.17, 15) is 14.7 Å². The van der Waals surface area contributed by atoms with Gasteiger partial charge in [-0.15, -0.1) is 0 Å². The molecule has 2 unspecified atom stereocenters. The largest absolute Gasteiger partial charge is 0.453 e. The SMILES string of the molecule is COC(=O)NC(=O)CN1CCC(O)C(C)C1. The third-order valence-electron chi connectivity index (χ3n) is 2.74. The van der Waals surface area contributed by atoms with Gasteiger partial charge in [-0.2, -0.15) is 0 Å². The lowest BCUT2D eigenvalue weighted by Gasteiger charge is -2.33. The maximum absolute atomic E-state index is 11.4. The number of imide groups is 1. The van der Waals surface area contributed by atoms with E-state index < -0.39 is 6.09 Å². The molecular weight excluding hydrogens is 212 g/mol. The van der Waals surface area contributed by atoms with Gasteiger partial charge in [0.1, 0.15) is 0 Å². The number of likely N-dealkylation sites (tertiary alicyclic amines) is 1. The zero-order valence-electron chi connectivity index (χ0n) is 9.60. The van der Waals surface area contributed by atoms with Crippen LogP contribution in [0.15, 0.2) is 0 Å². The fraction of sp³-hybridized carbons (Fsp3) is 0.800. The first-order valence-corrected chi connectivity index (χ1v) is 5.31. The molecule has 2 atom stereocenters. The number of nitrogens with zero attached hydrogens (tertiary/aromatic N) is 1. The molecule has 6 nitrogen and oxygen atoms in total. The highest BCUT2D eigenvalue weighted by Gasteiger charge is 2.25. The van der Waals surface area contributed by atoms with E-state index in [1.807, 2.05) is 11.8 Å².